The molecular formula is C28H28ClNO2S. The van der Waals surface area contributed by atoms with Gasteiger partial charge in [-0.2, -0.15) is 0 Å². The van der Waals surface area contributed by atoms with Gasteiger partial charge in [-0.25, -0.2) is 0 Å². The molecule has 0 aromatic heterocycles. The third kappa shape index (κ3) is 6.77. The van der Waals surface area contributed by atoms with E-state index in [9.17, 15) is 4.79 Å². The summed E-state index contributed by atoms with van der Waals surface area (Å²) in [5.74, 6) is 0.522. The molecule has 2 N–H and O–H groups in total. The van der Waals surface area contributed by atoms with E-state index in [1.54, 1.807) is 6.07 Å². The van der Waals surface area contributed by atoms with E-state index in [1.807, 2.05) is 60.7 Å². The highest BCUT2D eigenvalue weighted by atomic mass is 35.5. The summed E-state index contributed by atoms with van der Waals surface area (Å²) in [6.07, 6.45) is 4.19. The molecule has 0 fully saturated rings. The Hall–Kier alpha value is -2.95. The van der Waals surface area contributed by atoms with E-state index >= 15 is 0 Å². The van der Waals surface area contributed by atoms with Crippen molar-refractivity contribution in [3.63, 3.8) is 0 Å². The van der Waals surface area contributed by atoms with Gasteiger partial charge in [-0.3, -0.25) is 4.79 Å². The summed E-state index contributed by atoms with van der Waals surface area (Å²) in [7, 11) is 0. The van der Waals surface area contributed by atoms with E-state index in [0.29, 0.717) is 17.2 Å². The number of primary amides is 1. The highest BCUT2D eigenvalue weighted by molar-refractivity contribution is 7.80. The molecular weight excluding hydrogens is 450 g/mol. The number of nitrogens with two attached hydrogens (primary N) is 1. The monoisotopic (exact) mass is 477 g/mol. The third-order valence-corrected chi connectivity index (χ3v) is 6.18. The number of ether oxygens (including phenoxy) is 1. The number of halogens is 1. The van der Waals surface area contributed by atoms with Crippen molar-refractivity contribution in [2.24, 2.45) is 5.73 Å². The van der Waals surface area contributed by atoms with Crippen LogP contribution in [0.2, 0.25) is 5.02 Å². The van der Waals surface area contributed by atoms with Crippen LogP contribution in [-0.2, 0) is 6.61 Å². The van der Waals surface area contributed by atoms with Crippen molar-refractivity contribution in [3.8, 4) is 5.75 Å². The minimum absolute atomic E-state index is 0.144. The predicted molar refractivity (Wildman–Crippen MR) is 140 cm³/mol. The van der Waals surface area contributed by atoms with E-state index in [-0.39, 0.29) is 5.92 Å². The lowest BCUT2D eigenvalue weighted by Gasteiger charge is -2.14. The van der Waals surface area contributed by atoms with Crippen molar-refractivity contribution in [3.05, 3.63) is 112 Å². The highest BCUT2D eigenvalue weighted by Gasteiger charge is 2.11. The van der Waals surface area contributed by atoms with Crippen LogP contribution in [0.4, 0.5) is 0 Å². The van der Waals surface area contributed by atoms with Crippen LogP contribution in [0.3, 0.4) is 0 Å². The smallest absolute Gasteiger partial charge is 0.248 e. The fourth-order valence-electron chi connectivity index (χ4n) is 3.41. The van der Waals surface area contributed by atoms with Crippen molar-refractivity contribution in [2.45, 2.75) is 38.2 Å². The van der Waals surface area contributed by atoms with Gasteiger partial charge in [-0.05, 0) is 73.0 Å². The Morgan fingerprint density at radius 3 is 2.48 bits per heavy atom. The molecule has 1 unspecified atom stereocenters. The maximum Gasteiger partial charge on any atom is 0.248 e. The average molecular weight is 478 g/mol. The minimum Gasteiger partial charge on any atom is -0.488 e. The molecule has 0 spiro atoms. The van der Waals surface area contributed by atoms with Gasteiger partial charge < -0.3 is 10.5 Å². The summed E-state index contributed by atoms with van der Waals surface area (Å²) in [4.78, 5) is 12.4. The molecule has 0 heterocycles. The number of thiol groups is 1. The maximum atomic E-state index is 11.5. The summed E-state index contributed by atoms with van der Waals surface area (Å²) in [6, 6.07) is 21.0. The zero-order chi connectivity index (χ0) is 24.0. The van der Waals surface area contributed by atoms with Gasteiger partial charge in [0.05, 0.1) is 0 Å². The number of carbonyl (C=O) groups excluding carboxylic acids is 1. The van der Waals surface area contributed by atoms with Crippen molar-refractivity contribution in [1.29, 1.82) is 0 Å². The molecule has 0 aliphatic carbocycles. The molecule has 33 heavy (non-hydrogen) atoms. The van der Waals surface area contributed by atoms with Gasteiger partial charge in [0.1, 0.15) is 12.4 Å². The molecule has 0 aliphatic rings. The number of hydrogen-bond acceptors (Lipinski definition) is 3. The third-order valence-electron chi connectivity index (χ3n) is 5.65. The second kappa shape index (κ2) is 11.3. The van der Waals surface area contributed by atoms with Crippen LogP contribution in [0.5, 0.6) is 5.75 Å². The first-order chi connectivity index (χ1) is 15.7. The van der Waals surface area contributed by atoms with Crippen LogP contribution < -0.4 is 10.5 Å². The number of carbonyl (C=O) groups is 1. The van der Waals surface area contributed by atoms with Crippen molar-refractivity contribution in [2.75, 3.05) is 0 Å². The van der Waals surface area contributed by atoms with Gasteiger partial charge in [0.25, 0.3) is 0 Å². The molecule has 0 saturated carbocycles. The Morgan fingerprint density at radius 2 is 1.79 bits per heavy atom. The van der Waals surface area contributed by atoms with Crippen molar-refractivity contribution >= 4 is 35.7 Å². The van der Waals surface area contributed by atoms with Gasteiger partial charge in [-0.15, -0.1) is 12.6 Å². The predicted octanol–water partition coefficient (Wildman–Crippen LogP) is 7.46. The second-order valence-corrected chi connectivity index (χ2v) is 9.02. The zero-order valence-electron chi connectivity index (χ0n) is 19.0. The van der Waals surface area contributed by atoms with Gasteiger partial charge in [0, 0.05) is 27.0 Å². The molecule has 0 radical (unpaired) electrons. The molecule has 0 aliphatic heterocycles. The first-order valence-electron chi connectivity index (χ1n) is 10.7. The second-order valence-electron chi connectivity index (χ2n) is 8.07. The Morgan fingerprint density at radius 1 is 1.06 bits per heavy atom. The standard InChI is InChI=1S/C28H28ClNO2S/c1-18(20(3)22-5-4-6-23(15-22)28(30)31)7-8-19(2)26-16-25(33)13-14-27(26)32-17-21-9-11-24(29)12-10-21/h4-16,20,33H,17H2,1-3H3,(H2,30,31)/b18-7-,19-8+. The van der Waals surface area contributed by atoms with E-state index in [4.69, 9.17) is 22.1 Å². The van der Waals surface area contributed by atoms with Crippen LogP contribution in [0.25, 0.3) is 5.57 Å². The van der Waals surface area contributed by atoms with Crippen LogP contribution in [0.15, 0.2) is 89.4 Å². The minimum atomic E-state index is -0.417. The molecule has 3 rings (SSSR count). The number of amides is 1. The molecule has 1 atom stereocenters. The molecule has 5 heteroatoms. The molecule has 1 amide bonds. The quantitative estimate of drug-likeness (QED) is 0.261. The van der Waals surface area contributed by atoms with Crippen LogP contribution in [-0.4, -0.2) is 5.91 Å². The first kappa shape index (κ1) is 24.7. The lowest BCUT2D eigenvalue weighted by molar-refractivity contribution is 0.1000. The van der Waals surface area contributed by atoms with E-state index in [0.717, 1.165) is 32.9 Å². The Labute approximate surface area is 206 Å². The SMILES string of the molecule is C/C(=C/C=C(\C)c1cc(S)ccc1OCc1ccc(Cl)cc1)C(C)c1cccc(C(N)=O)c1. The zero-order valence-corrected chi connectivity index (χ0v) is 20.7. The number of hydrogen-bond donors (Lipinski definition) is 2. The molecule has 170 valence electrons. The number of rotatable bonds is 8. The normalized spacial score (nSPS) is 13.0. The Balaban J connectivity index is 1.80. The summed E-state index contributed by atoms with van der Waals surface area (Å²) in [6.45, 7) is 6.70. The molecule has 3 aromatic carbocycles. The highest BCUT2D eigenvalue weighted by Crippen LogP contribution is 2.30. The molecule has 3 nitrogen and oxygen atoms in total. The van der Waals surface area contributed by atoms with Gasteiger partial charge in [0.2, 0.25) is 5.91 Å². The Bertz CT molecular complexity index is 1200. The summed E-state index contributed by atoms with van der Waals surface area (Å²) >= 11 is 10.5. The lowest BCUT2D eigenvalue weighted by Crippen LogP contribution is -2.11. The topological polar surface area (TPSA) is 52.3 Å². The van der Waals surface area contributed by atoms with Crippen LogP contribution in [0, 0.1) is 0 Å². The van der Waals surface area contributed by atoms with Crippen LogP contribution >= 0.6 is 24.2 Å². The summed E-state index contributed by atoms with van der Waals surface area (Å²) in [5.41, 5.74) is 11.3. The van der Waals surface area contributed by atoms with Gasteiger partial charge in [0.15, 0.2) is 0 Å². The molecule has 0 bridgehead atoms. The molecule has 3 aromatic rings. The summed E-state index contributed by atoms with van der Waals surface area (Å²) in [5, 5.41) is 0.704. The Kier molecular flexibility index (Phi) is 8.43. The van der Waals surface area contributed by atoms with E-state index in [1.165, 1.54) is 5.57 Å². The molecule has 0 saturated heterocycles. The van der Waals surface area contributed by atoms with Gasteiger partial charge >= 0.3 is 0 Å². The fourth-order valence-corrected chi connectivity index (χ4v) is 3.74. The first-order valence-corrected chi connectivity index (χ1v) is 11.5. The van der Waals surface area contributed by atoms with Crippen LogP contribution in [0.1, 0.15) is 53.7 Å². The van der Waals surface area contributed by atoms with Crippen molar-refractivity contribution in [1.82, 2.24) is 0 Å². The number of benzene rings is 3. The maximum absolute atomic E-state index is 11.5. The largest absolute Gasteiger partial charge is 0.488 e. The van der Waals surface area contributed by atoms with E-state index < -0.39 is 5.91 Å². The van der Waals surface area contributed by atoms with E-state index in [2.05, 4.69) is 45.6 Å². The summed E-state index contributed by atoms with van der Waals surface area (Å²) < 4.78 is 6.12. The van der Waals surface area contributed by atoms with Crippen molar-refractivity contribution < 1.29 is 9.53 Å². The fraction of sp³-hybridized carbons (Fsp3) is 0.179. The lowest BCUT2D eigenvalue weighted by atomic mass is 9.92. The van der Waals surface area contributed by atoms with Gasteiger partial charge in [-0.1, -0.05) is 60.5 Å². The number of allylic oxidation sites excluding steroid dienone is 4. The average Bonchev–Trinajstić information content (AvgIpc) is 2.82.